The summed E-state index contributed by atoms with van der Waals surface area (Å²) < 4.78 is 0. The monoisotopic (exact) mass is 247 g/mol. The van der Waals surface area contributed by atoms with E-state index < -0.39 is 0 Å². The van der Waals surface area contributed by atoms with Crippen LogP contribution in [0.4, 0.5) is 0 Å². The van der Waals surface area contributed by atoms with E-state index in [1.165, 1.54) is 5.56 Å². The molecule has 1 nitrogen and oxygen atoms in total. The Morgan fingerprint density at radius 3 is 2.12 bits per heavy atom. The molecule has 0 amide bonds. The van der Waals surface area contributed by atoms with Crippen molar-refractivity contribution in [1.82, 2.24) is 4.98 Å². The summed E-state index contributed by atoms with van der Waals surface area (Å²) in [6, 6.07) is 16.5. The lowest BCUT2D eigenvalue weighted by Gasteiger charge is -2.19. The first-order valence-electron chi connectivity index (χ1n) is 5.26. The van der Waals surface area contributed by atoms with Crippen LogP contribution < -0.4 is 0 Å². The van der Waals surface area contributed by atoms with E-state index in [0.717, 1.165) is 5.69 Å². The van der Waals surface area contributed by atoms with Crippen molar-refractivity contribution in [3.63, 3.8) is 0 Å². The van der Waals surface area contributed by atoms with Crippen LogP contribution >= 0.6 is 18.5 Å². The Hall–Kier alpha value is -0.770. The summed E-state index contributed by atoms with van der Waals surface area (Å²) in [6.45, 7) is 0. The van der Waals surface area contributed by atoms with Crippen LogP contribution in [-0.2, 0) is 0 Å². The van der Waals surface area contributed by atoms with Crippen molar-refractivity contribution in [3.8, 4) is 0 Å². The average Bonchev–Trinajstić information content (AvgIpc) is 2.39. The van der Waals surface area contributed by atoms with Gasteiger partial charge in [-0.05, 0) is 17.7 Å². The van der Waals surface area contributed by atoms with Gasteiger partial charge in [0, 0.05) is 23.2 Å². The van der Waals surface area contributed by atoms with Gasteiger partial charge in [0.1, 0.15) is 0 Å². The lowest BCUT2D eigenvalue weighted by molar-refractivity contribution is 0.868. The minimum atomic E-state index is 0.327. The van der Waals surface area contributed by atoms with Crippen molar-refractivity contribution in [2.24, 2.45) is 0 Å². The predicted octanol–water partition coefficient (Wildman–Crippen LogP) is 3.61. The second kappa shape index (κ2) is 5.53. The van der Waals surface area contributed by atoms with E-state index in [2.05, 4.69) is 53.8 Å². The maximum absolute atomic E-state index is 4.39. The van der Waals surface area contributed by atoms with E-state index in [4.69, 9.17) is 0 Å². The van der Waals surface area contributed by atoms with Crippen molar-refractivity contribution in [3.05, 3.63) is 66.0 Å². The molecule has 0 radical (unpaired) electrons. The van der Waals surface area contributed by atoms with E-state index in [1.807, 2.05) is 24.4 Å². The van der Waals surface area contributed by atoms with Crippen LogP contribution in [0.25, 0.3) is 0 Å². The Labute approximate surface area is 101 Å². The van der Waals surface area contributed by atoms with Crippen LogP contribution in [0.5, 0.6) is 0 Å². The molecule has 0 N–H and O–H groups in total. The maximum Gasteiger partial charge on any atom is 0.0481 e. The highest BCUT2D eigenvalue weighted by molar-refractivity contribution is 7.22. The number of hydrogen-bond acceptors (Lipinski definition) is 1. The standard InChI is InChI=1S/C13H15NP2/c15-12(10-6-2-1-3-7-10)13(16)11-8-4-5-9-14-11/h1-9,12-13H,15-16H2/t12-,13+/m0/s1. The van der Waals surface area contributed by atoms with Gasteiger partial charge in [-0.3, -0.25) is 4.98 Å². The molecule has 3 heteroatoms. The summed E-state index contributed by atoms with van der Waals surface area (Å²) >= 11 is 0. The SMILES string of the molecule is P[C@H](c1ccccn1)[C@@H](P)c1ccccc1. The minimum Gasteiger partial charge on any atom is -0.261 e. The molecular formula is C13H15NP2. The molecule has 1 aromatic heterocycles. The second-order valence-electron chi connectivity index (χ2n) is 3.72. The van der Waals surface area contributed by atoms with Gasteiger partial charge >= 0.3 is 0 Å². The van der Waals surface area contributed by atoms with Gasteiger partial charge in [-0.2, -0.15) is 0 Å². The molecule has 0 fully saturated rings. The molecule has 1 heterocycles. The van der Waals surface area contributed by atoms with Gasteiger partial charge < -0.3 is 0 Å². The van der Waals surface area contributed by atoms with Crippen LogP contribution in [-0.4, -0.2) is 4.98 Å². The van der Waals surface area contributed by atoms with Crippen LogP contribution in [0.3, 0.4) is 0 Å². The number of benzene rings is 1. The van der Waals surface area contributed by atoms with Crippen LogP contribution in [0.1, 0.15) is 22.6 Å². The molecule has 0 saturated heterocycles. The zero-order chi connectivity index (χ0) is 11.4. The fraction of sp³-hybridized carbons (Fsp3) is 0.154. The van der Waals surface area contributed by atoms with Crippen LogP contribution in [0.15, 0.2) is 54.7 Å². The number of hydrogen-bond donors (Lipinski definition) is 0. The van der Waals surface area contributed by atoms with Gasteiger partial charge in [0.05, 0.1) is 0 Å². The number of aromatic nitrogens is 1. The van der Waals surface area contributed by atoms with Crippen molar-refractivity contribution in [1.29, 1.82) is 0 Å². The summed E-state index contributed by atoms with van der Waals surface area (Å²) in [4.78, 5) is 4.39. The lowest BCUT2D eigenvalue weighted by Crippen LogP contribution is -2.00. The van der Waals surface area contributed by atoms with Crippen molar-refractivity contribution >= 4 is 18.5 Å². The summed E-state index contributed by atoms with van der Waals surface area (Å²) in [5.41, 5.74) is 3.13. The van der Waals surface area contributed by atoms with Gasteiger partial charge in [-0.1, -0.05) is 36.4 Å². The molecular weight excluding hydrogens is 232 g/mol. The highest BCUT2D eigenvalue weighted by Gasteiger charge is 2.16. The van der Waals surface area contributed by atoms with Crippen LogP contribution in [0, 0.1) is 0 Å². The molecule has 82 valence electrons. The third-order valence-corrected chi connectivity index (χ3v) is 4.60. The molecule has 0 spiro atoms. The zero-order valence-corrected chi connectivity index (χ0v) is 11.3. The summed E-state index contributed by atoms with van der Waals surface area (Å²) in [6.07, 6.45) is 1.84. The van der Waals surface area contributed by atoms with E-state index in [0.29, 0.717) is 11.3 Å². The summed E-state index contributed by atoms with van der Waals surface area (Å²) in [7, 11) is 5.78. The first-order valence-corrected chi connectivity index (χ1v) is 6.59. The predicted molar refractivity (Wildman–Crippen MR) is 75.6 cm³/mol. The lowest BCUT2D eigenvalue weighted by atomic mass is 10.1. The molecule has 0 saturated carbocycles. The molecule has 1 aromatic carbocycles. The van der Waals surface area contributed by atoms with E-state index in [9.17, 15) is 0 Å². The van der Waals surface area contributed by atoms with Gasteiger partial charge in [0.15, 0.2) is 0 Å². The largest absolute Gasteiger partial charge is 0.261 e. The Balaban J connectivity index is 2.20. The Kier molecular flexibility index (Phi) is 4.04. The average molecular weight is 247 g/mol. The number of rotatable bonds is 3. The van der Waals surface area contributed by atoms with Gasteiger partial charge in [-0.15, -0.1) is 18.5 Å². The van der Waals surface area contributed by atoms with Crippen molar-refractivity contribution < 1.29 is 0 Å². The Morgan fingerprint density at radius 2 is 1.50 bits per heavy atom. The third kappa shape index (κ3) is 2.67. The van der Waals surface area contributed by atoms with Gasteiger partial charge in [0.2, 0.25) is 0 Å². The van der Waals surface area contributed by atoms with Crippen molar-refractivity contribution in [2.75, 3.05) is 0 Å². The topological polar surface area (TPSA) is 12.9 Å². The van der Waals surface area contributed by atoms with E-state index in [-0.39, 0.29) is 0 Å². The third-order valence-electron chi connectivity index (χ3n) is 2.60. The molecule has 2 rings (SSSR count). The summed E-state index contributed by atoms with van der Waals surface area (Å²) in [5, 5.41) is 0. The molecule has 2 aromatic rings. The van der Waals surface area contributed by atoms with Crippen LogP contribution in [0.2, 0.25) is 0 Å². The molecule has 0 aliphatic rings. The van der Waals surface area contributed by atoms with Gasteiger partial charge in [-0.25, -0.2) is 0 Å². The molecule has 0 aliphatic heterocycles. The second-order valence-corrected chi connectivity index (χ2v) is 5.15. The van der Waals surface area contributed by atoms with Crippen molar-refractivity contribution in [2.45, 2.75) is 11.3 Å². The molecule has 4 atom stereocenters. The summed E-state index contributed by atoms with van der Waals surface area (Å²) in [5.74, 6) is 0. The smallest absolute Gasteiger partial charge is 0.0481 e. The highest BCUT2D eigenvalue weighted by Crippen LogP contribution is 2.41. The quantitative estimate of drug-likeness (QED) is 0.755. The normalized spacial score (nSPS) is 14.4. The molecule has 0 aliphatic carbocycles. The number of nitrogens with zero attached hydrogens (tertiary/aromatic N) is 1. The van der Waals surface area contributed by atoms with E-state index >= 15 is 0 Å². The fourth-order valence-corrected chi connectivity index (χ4v) is 2.48. The first kappa shape index (κ1) is 11.7. The van der Waals surface area contributed by atoms with E-state index in [1.54, 1.807) is 0 Å². The van der Waals surface area contributed by atoms with Gasteiger partial charge in [0.25, 0.3) is 0 Å². The zero-order valence-electron chi connectivity index (χ0n) is 8.95. The fourth-order valence-electron chi connectivity index (χ4n) is 1.64. The molecule has 2 unspecified atom stereocenters. The Morgan fingerprint density at radius 1 is 0.812 bits per heavy atom. The molecule has 16 heavy (non-hydrogen) atoms. The Bertz CT molecular complexity index is 387. The highest BCUT2D eigenvalue weighted by atomic mass is 31.0. The molecule has 0 bridgehead atoms. The minimum absolute atomic E-state index is 0.327. The first-order chi connectivity index (χ1) is 7.79. The maximum atomic E-state index is 4.39. The number of pyridine rings is 1.